The first-order valence-electron chi connectivity index (χ1n) is 6.32. The van der Waals surface area contributed by atoms with Gasteiger partial charge in [0.05, 0.1) is 0 Å². The van der Waals surface area contributed by atoms with Gasteiger partial charge in [0.2, 0.25) is 0 Å². The molecule has 0 aromatic heterocycles. The van der Waals surface area contributed by atoms with Crippen molar-refractivity contribution in [2.45, 2.75) is 45.4 Å². The standard InChI is InChI=1S/C13H24O/c1-3-4-10-5-12-7-11(9-14-2)8-13(12)6-10/h10-13H,3-9H2,1-2H3. The molecule has 1 nitrogen and oxygen atoms in total. The maximum atomic E-state index is 5.27. The minimum absolute atomic E-state index is 0.887. The summed E-state index contributed by atoms with van der Waals surface area (Å²) in [6, 6.07) is 0. The van der Waals surface area contributed by atoms with Gasteiger partial charge in [0.1, 0.15) is 0 Å². The molecule has 0 aromatic carbocycles. The van der Waals surface area contributed by atoms with Crippen LogP contribution in [0.3, 0.4) is 0 Å². The highest BCUT2D eigenvalue weighted by Crippen LogP contribution is 2.50. The fourth-order valence-corrected chi connectivity index (χ4v) is 3.88. The fraction of sp³-hybridized carbons (Fsp3) is 1.00. The van der Waals surface area contributed by atoms with Crippen molar-refractivity contribution in [3.05, 3.63) is 0 Å². The Morgan fingerprint density at radius 2 is 1.57 bits per heavy atom. The summed E-state index contributed by atoms with van der Waals surface area (Å²) < 4.78 is 5.27. The lowest BCUT2D eigenvalue weighted by Gasteiger charge is -2.13. The topological polar surface area (TPSA) is 9.23 Å². The summed E-state index contributed by atoms with van der Waals surface area (Å²) in [4.78, 5) is 0. The molecule has 0 radical (unpaired) electrons. The lowest BCUT2D eigenvalue weighted by Crippen LogP contribution is -2.06. The molecule has 14 heavy (non-hydrogen) atoms. The largest absolute Gasteiger partial charge is 0.384 e. The summed E-state index contributed by atoms with van der Waals surface area (Å²) in [7, 11) is 1.84. The van der Waals surface area contributed by atoms with Gasteiger partial charge in [-0.2, -0.15) is 0 Å². The maximum absolute atomic E-state index is 5.27. The lowest BCUT2D eigenvalue weighted by molar-refractivity contribution is 0.149. The van der Waals surface area contributed by atoms with Crippen LogP contribution in [0.15, 0.2) is 0 Å². The molecule has 0 aromatic rings. The molecule has 2 rings (SSSR count). The molecular formula is C13H24O. The number of fused-ring (bicyclic) bond motifs is 1. The van der Waals surface area contributed by atoms with E-state index in [1.807, 2.05) is 7.11 Å². The number of rotatable bonds is 4. The second kappa shape index (κ2) is 4.65. The van der Waals surface area contributed by atoms with Gasteiger partial charge in [-0.3, -0.25) is 0 Å². The first-order valence-corrected chi connectivity index (χ1v) is 6.32. The van der Waals surface area contributed by atoms with Crippen molar-refractivity contribution in [1.29, 1.82) is 0 Å². The van der Waals surface area contributed by atoms with E-state index in [9.17, 15) is 0 Å². The van der Waals surface area contributed by atoms with E-state index in [2.05, 4.69) is 6.92 Å². The summed E-state index contributed by atoms with van der Waals surface area (Å²) in [5, 5.41) is 0. The smallest absolute Gasteiger partial charge is 0.0490 e. The molecule has 0 heterocycles. The van der Waals surface area contributed by atoms with Crippen LogP contribution in [0.25, 0.3) is 0 Å². The van der Waals surface area contributed by atoms with E-state index in [-0.39, 0.29) is 0 Å². The molecule has 1 heteroatoms. The number of methoxy groups -OCH3 is 1. The van der Waals surface area contributed by atoms with Gasteiger partial charge >= 0.3 is 0 Å². The maximum Gasteiger partial charge on any atom is 0.0490 e. The summed E-state index contributed by atoms with van der Waals surface area (Å²) in [5.74, 6) is 4.08. The Labute approximate surface area is 88.2 Å². The van der Waals surface area contributed by atoms with E-state index in [1.165, 1.54) is 38.5 Å². The molecule has 0 spiro atoms. The Hall–Kier alpha value is -0.0400. The van der Waals surface area contributed by atoms with E-state index in [0.29, 0.717) is 0 Å². The second-order valence-electron chi connectivity index (χ2n) is 5.44. The van der Waals surface area contributed by atoms with Crippen molar-refractivity contribution in [3.8, 4) is 0 Å². The van der Waals surface area contributed by atoms with Gasteiger partial charge < -0.3 is 4.74 Å². The molecule has 2 saturated carbocycles. The first-order chi connectivity index (χ1) is 6.83. The fourth-order valence-electron chi connectivity index (χ4n) is 3.88. The molecule has 2 atom stereocenters. The van der Waals surface area contributed by atoms with Crippen LogP contribution in [0.5, 0.6) is 0 Å². The number of hydrogen-bond donors (Lipinski definition) is 0. The zero-order valence-corrected chi connectivity index (χ0v) is 9.67. The third-order valence-corrected chi connectivity index (χ3v) is 4.31. The zero-order valence-electron chi connectivity index (χ0n) is 9.67. The predicted octanol–water partition coefficient (Wildman–Crippen LogP) is 3.49. The first kappa shape index (κ1) is 10.5. The van der Waals surface area contributed by atoms with Crippen LogP contribution in [0.1, 0.15) is 45.4 Å². The molecule has 82 valence electrons. The molecule has 0 aliphatic heterocycles. The predicted molar refractivity (Wildman–Crippen MR) is 59.2 cm³/mol. The third kappa shape index (κ3) is 2.13. The van der Waals surface area contributed by atoms with Gasteiger partial charge in [0.25, 0.3) is 0 Å². The van der Waals surface area contributed by atoms with Crippen molar-refractivity contribution in [3.63, 3.8) is 0 Å². The van der Waals surface area contributed by atoms with Gasteiger partial charge in [-0.05, 0) is 49.4 Å². The van der Waals surface area contributed by atoms with Crippen LogP contribution in [0.4, 0.5) is 0 Å². The van der Waals surface area contributed by atoms with E-state index in [0.717, 1.165) is 30.3 Å². The SMILES string of the molecule is CCCC1CC2CC(COC)CC2C1. The quantitative estimate of drug-likeness (QED) is 0.669. The van der Waals surface area contributed by atoms with E-state index >= 15 is 0 Å². The number of ether oxygens (including phenoxy) is 1. The van der Waals surface area contributed by atoms with Gasteiger partial charge in [0.15, 0.2) is 0 Å². The average molecular weight is 196 g/mol. The summed E-state index contributed by atoms with van der Waals surface area (Å²) in [6.07, 6.45) is 8.82. The van der Waals surface area contributed by atoms with Crippen molar-refractivity contribution >= 4 is 0 Å². The molecule has 2 fully saturated rings. The summed E-state index contributed by atoms with van der Waals surface area (Å²) in [5.41, 5.74) is 0. The molecular weight excluding hydrogens is 172 g/mol. The Kier molecular flexibility index (Phi) is 3.48. The lowest BCUT2D eigenvalue weighted by atomic mass is 9.95. The third-order valence-electron chi connectivity index (χ3n) is 4.31. The molecule has 0 bridgehead atoms. The van der Waals surface area contributed by atoms with Crippen molar-refractivity contribution in [2.75, 3.05) is 13.7 Å². The second-order valence-corrected chi connectivity index (χ2v) is 5.44. The van der Waals surface area contributed by atoms with Crippen molar-refractivity contribution in [2.24, 2.45) is 23.7 Å². The monoisotopic (exact) mass is 196 g/mol. The van der Waals surface area contributed by atoms with Crippen LogP contribution in [-0.2, 0) is 4.74 Å². The molecule has 2 aliphatic carbocycles. The van der Waals surface area contributed by atoms with Crippen LogP contribution in [-0.4, -0.2) is 13.7 Å². The highest BCUT2D eigenvalue weighted by atomic mass is 16.5. The molecule has 2 unspecified atom stereocenters. The van der Waals surface area contributed by atoms with E-state index < -0.39 is 0 Å². The van der Waals surface area contributed by atoms with Gasteiger partial charge in [-0.1, -0.05) is 19.8 Å². The molecule has 0 N–H and O–H groups in total. The van der Waals surface area contributed by atoms with E-state index in [1.54, 1.807) is 0 Å². The van der Waals surface area contributed by atoms with E-state index in [4.69, 9.17) is 4.74 Å². The van der Waals surface area contributed by atoms with Crippen molar-refractivity contribution < 1.29 is 4.74 Å². The van der Waals surface area contributed by atoms with Gasteiger partial charge in [-0.25, -0.2) is 0 Å². The normalized spacial score (nSPS) is 41.6. The molecule has 0 amide bonds. The minimum Gasteiger partial charge on any atom is -0.384 e. The van der Waals surface area contributed by atoms with Crippen LogP contribution in [0.2, 0.25) is 0 Å². The molecule has 2 aliphatic rings. The highest BCUT2D eigenvalue weighted by molar-refractivity contribution is 4.91. The van der Waals surface area contributed by atoms with Crippen LogP contribution in [0, 0.1) is 23.7 Å². The summed E-state index contributed by atoms with van der Waals surface area (Å²) in [6.45, 7) is 3.33. The Morgan fingerprint density at radius 3 is 2.07 bits per heavy atom. The Morgan fingerprint density at radius 1 is 1.00 bits per heavy atom. The Bertz CT molecular complexity index is 146. The Balaban J connectivity index is 1.78. The molecule has 0 saturated heterocycles. The zero-order chi connectivity index (χ0) is 9.97. The average Bonchev–Trinajstić information content (AvgIpc) is 2.62. The van der Waals surface area contributed by atoms with Gasteiger partial charge in [-0.15, -0.1) is 0 Å². The van der Waals surface area contributed by atoms with Crippen LogP contribution >= 0.6 is 0 Å². The van der Waals surface area contributed by atoms with Crippen molar-refractivity contribution in [1.82, 2.24) is 0 Å². The minimum atomic E-state index is 0.887. The number of hydrogen-bond acceptors (Lipinski definition) is 1. The van der Waals surface area contributed by atoms with Crippen LogP contribution < -0.4 is 0 Å². The summed E-state index contributed by atoms with van der Waals surface area (Å²) >= 11 is 0. The van der Waals surface area contributed by atoms with Gasteiger partial charge in [0, 0.05) is 13.7 Å². The highest BCUT2D eigenvalue weighted by Gasteiger charge is 2.40.